The highest BCUT2D eigenvalue weighted by atomic mass is 35.5. The van der Waals surface area contributed by atoms with Crippen molar-refractivity contribution in [3.63, 3.8) is 0 Å². The van der Waals surface area contributed by atoms with Crippen LogP contribution in [0.2, 0.25) is 0 Å². The maximum atomic E-state index is 13.4. The summed E-state index contributed by atoms with van der Waals surface area (Å²) in [5.74, 6) is -0.261. The van der Waals surface area contributed by atoms with Crippen LogP contribution in [0.15, 0.2) is 28.8 Å². The highest BCUT2D eigenvalue weighted by Crippen LogP contribution is 2.38. The van der Waals surface area contributed by atoms with Crippen molar-refractivity contribution in [3.05, 3.63) is 41.2 Å². The molecule has 2 aromatic rings. The van der Waals surface area contributed by atoms with Gasteiger partial charge in [-0.1, -0.05) is 53.5 Å². The Hall–Kier alpha value is -1.77. The molecule has 0 unspecified atom stereocenters. The van der Waals surface area contributed by atoms with Gasteiger partial charge in [0.2, 0.25) is 0 Å². The summed E-state index contributed by atoms with van der Waals surface area (Å²) in [5, 5.41) is 3.77. The first-order valence-corrected chi connectivity index (χ1v) is 9.87. The van der Waals surface area contributed by atoms with Gasteiger partial charge in [-0.3, -0.25) is 9.69 Å². The SMILES string of the molecule is CCC(Cl)(Cl)N1CCN(C(=O)c2c(-c3ccccc3C(F)(F)F)noc2C)CC1. The van der Waals surface area contributed by atoms with Gasteiger partial charge in [0.15, 0.2) is 4.46 Å². The molecule has 158 valence electrons. The number of nitrogens with zero attached hydrogens (tertiary/aromatic N) is 3. The van der Waals surface area contributed by atoms with Crippen LogP contribution < -0.4 is 0 Å². The summed E-state index contributed by atoms with van der Waals surface area (Å²) < 4.78 is 44.4. The second-order valence-corrected chi connectivity index (χ2v) is 8.25. The molecule has 1 saturated heterocycles. The van der Waals surface area contributed by atoms with Gasteiger partial charge in [0, 0.05) is 31.7 Å². The Balaban J connectivity index is 1.90. The molecule has 29 heavy (non-hydrogen) atoms. The van der Waals surface area contributed by atoms with E-state index in [-0.39, 0.29) is 22.6 Å². The molecule has 0 N–H and O–H groups in total. The van der Waals surface area contributed by atoms with Crippen LogP contribution in [0.1, 0.15) is 35.0 Å². The lowest BCUT2D eigenvalue weighted by molar-refractivity contribution is -0.137. The van der Waals surface area contributed by atoms with E-state index in [0.29, 0.717) is 32.6 Å². The molecule has 0 bridgehead atoms. The number of benzene rings is 1. The molecule has 1 aromatic heterocycles. The number of piperazine rings is 1. The van der Waals surface area contributed by atoms with Crippen LogP contribution in [0.3, 0.4) is 0 Å². The van der Waals surface area contributed by atoms with Gasteiger partial charge in [-0.15, -0.1) is 0 Å². The lowest BCUT2D eigenvalue weighted by atomic mass is 9.99. The van der Waals surface area contributed by atoms with Crippen molar-refractivity contribution >= 4 is 29.1 Å². The normalized spacial score (nSPS) is 16.3. The molecular formula is C19H20Cl2F3N3O2. The largest absolute Gasteiger partial charge is 0.417 e. The van der Waals surface area contributed by atoms with Crippen LogP contribution in [0, 0.1) is 6.92 Å². The third kappa shape index (κ3) is 4.39. The van der Waals surface area contributed by atoms with Gasteiger partial charge in [0.1, 0.15) is 17.0 Å². The van der Waals surface area contributed by atoms with Crippen molar-refractivity contribution in [1.82, 2.24) is 15.0 Å². The van der Waals surface area contributed by atoms with E-state index in [1.807, 2.05) is 11.8 Å². The summed E-state index contributed by atoms with van der Waals surface area (Å²) in [6, 6.07) is 4.99. The minimum atomic E-state index is -4.58. The molecule has 3 rings (SSSR count). The molecule has 2 heterocycles. The fourth-order valence-corrected chi connectivity index (χ4v) is 3.70. The van der Waals surface area contributed by atoms with Crippen molar-refractivity contribution in [1.29, 1.82) is 0 Å². The first-order chi connectivity index (χ1) is 13.6. The maximum Gasteiger partial charge on any atom is 0.417 e. The minimum Gasteiger partial charge on any atom is -0.360 e. The van der Waals surface area contributed by atoms with Gasteiger partial charge in [-0.05, 0) is 19.4 Å². The van der Waals surface area contributed by atoms with Crippen molar-refractivity contribution in [2.75, 3.05) is 26.2 Å². The lowest BCUT2D eigenvalue weighted by Crippen LogP contribution is -2.53. The first kappa shape index (κ1) is 21.9. The zero-order chi connectivity index (χ0) is 21.4. The second kappa shape index (κ2) is 8.16. The monoisotopic (exact) mass is 449 g/mol. The Bertz CT molecular complexity index is 891. The number of rotatable bonds is 4. The molecule has 1 aliphatic heterocycles. The third-order valence-electron chi connectivity index (χ3n) is 5.02. The average Bonchev–Trinajstić information content (AvgIpc) is 3.08. The van der Waals surface area contributed by atoms with E-state index in [1.165, 1.54) is 25.1 Å². The molecule has 5 nitrogen and oxygen atoms in total. The van der Waals surface area contributed by atoms with E-state index < -0.39 is 22.1 Å². The highest BCUT2D eigenvalue weighted by molar-refractivity contribution is 6.47. The van der Waals surface area contributed by atoms with Gasteiger partial charge in [0.05, 0.1) is 5.56 Å². The zero-order valence-electron chi connectivity index (χ0n) is 15.9. The molecule has 0 radical (unpaired) electrons. The van der Waals surface area contributed by atoms with Crippen molar-refractivity contribution in [2.24, 2.45) is 0 Å². The van der Waals surface area contributed by atoms with Crippen LogP contribution in [-0.2, 0) is 6.18 Å². The Labute approximate surface area is 176 Å². The van der Waals surface area contributed by atoms with Gasteiger partial charge in [-0.25, -0.2) is 0 Å². The predicted octanol–water partition coefficient (Wildman–Crippen LogP) is 4.97. The van der Waals surface area contributed by atoms with Crippen molar-refractivity contribution in [2.45, 2.75) is 30.9 Å². The molecule has 0 spiro atoms. The quantitative estimate of drug-likeness (QED) is 0.488. The van der Waals surface area contributed by atoms with Gasteiger partial charge >= 0.3 is 6.18 Å². The molecule has 1 aliphatic rings. The van der Waals surface area contributed by atoms with E-state index in [2.05, 4.69) is 5.16 Å². The Morgan fingerprint density at radius 2 is 1.79 bits per heavy atom. The number of halogens is 5. The summed E-state index contributed by atoms with van der Waals surface area (Å²) in [4.78, 5) is 16.5. The van der Waals surface area contributed by atoms with Crippen molar-refractivity contribution < 1.29 is 22.5 Å². The summed E-state index contributed by atoms with van der Waals surface area (Å²) in [6.45, 7) is 4.95. The molecule has 1 aromatic carbocycles. The van der Waals surface area contributed by atoms with E-state index in [0.717, 1.165) is 6.07 Å². The lowest BCUT2D eigenvalue weighted by Gasteiger charge is -2.40. The number of hydrogen-bond donors (Lipinski definition) is 0. The summed E-state index contributed by atoms with van der Waals surface area (Å²) in [6.07, 6.45) is -4.06. The van der Waals surface area contributed by atoms with Crippen LogP contribution >= 0.6 is 23.2 Å². The topological polar surface area (TPSA) is 49.6 Å². The third-order valence-corrected chi connectivity index (χ3v) is 6.03. The molecule has 0 aliphatic carbocycles. The molecule has 1 amide bonds. The second-order valence-electron chi connectivity index (χ2n) is 6.80. The number of hydrogen-bond acceptors (Lipinski definition) is 4. The Morgan fingerprint density at radius 1 is 1.17 bits per heavy atom. The van der Waals surface area contributed by atoms with E-state index in [1.54, 1.807) is 4.90 Å². The number of alkyl halides is 5. The predicted molar refractivity (Wildman–Crippen MR) is 104 cm³/mol. The summed E-state index contributed by atoms with van der Waals surface area (Å²) >= 11 is 12.5. The van der Waals surface area contributed by atoms with Gasteiger partial charge in [-0.2, -0.15) is 13.2 Å². The number of carbonyl (C=O) groups is 1. The number of amides is 1. The fourth-order valence-electron chi connectivity index (χ4n) is 3.36. The van der Waals surface area contributed by atoms with E-state index in [4.69, 9.17) is 27.7 Å². The number of aromatic nitrogens is 1. The molecular weight excluding hydrogens is 430 g/mol. The molecule has 10 heteroatoms. The molecule has 0 saturated carbocycles. The zero-order valence-corrected chi connectivity index (χ0v) is 17.4. The fraction of sp³-hybridized carbons (Fsp3) is 0.474. The molecule has 0 atom stereocenters. The van der Waals surface area contributed by atoms with E-state index >= 15 is 0 Å². The van der Waals surface area contributed by atoms with Crippen molar-refractivity contribution in [3.8, 4) is 11.3 Å². The Morgan fingerprint density at radius 3 is 2.38 bits per heavy atom. The number of carbonyl (C=O) groups excluding carboxylic acids is 1. The maximum absolute atomic E-state index is 13.4. The van der Waals surface area contributed by atoms with Crippen LogP contribution in [0.25, 0.3) is 11.3 Å². The highest BCUT2D eigenvalue weighted by Gasteiger charge is 2.38. The summed E-state index contributed by atoms with van der Waals surface area (Å²) in [5.41, 5.74) is -1.14. The molecule has 1 fully saturated rings. The van der Waals surface area contributed by atoms with Gasteiger partial charge in [0.25, 0.3) is 5.91 Å². The van der Waals surface area contributed by atoms with Gasteiger partial charge < -0.3 is 9.42 Å². The number of aryl methyl sites for hydroxylation is 1. The standard InChI is InChI=1S/C19H20Cl2F3N3O2/c1-3-18(20,21)27-10-8-26(9-11-27)17(28)15-12(2)29-25-16(15)13-6-4-5-7-14(13)19(22,23)24/h4-7H,3,8-11H2,1-2H3. The summed E-state index contributed by atoms with van der Waals surface area (Å²) in [7, 11) is 0. The van der Waals surface area contributed by atoms with Crippen LogP contribution in [-0.4, -0.2) is 51.5 Å². The average molecular weight is 450 g/mol. The first-order valence-electron chi connectivity index (χ1n) is 9.11. The Kier molecular flexibility index (Phi) is 6.17. The van der Waals surface area contributed by atoms with Crippen LogP contribution in [0.4, 0.5) is 13.2 Å². The van der Waals surface area contributed by atoms with Crippen LogP contribution in [0.5, 0.6) is 0 Å². The smallest absolute Gasteiger partial charge is 0.360 e. The minimum absolute atomic E-state index is 0.0358. The van der Waals surface area contributed by atoms with E-state index in [9.17, 15) is 18.0 Å².